The second-order valence-electron chi connectivity index (χ2n) is 18.0. The molecule has 296 valence electrons. The van der Waals surface area contributed by atoms with Crippen LogP contribution in [0.5, 0.6) is 0 Å². The van der Waals surface area contributed by atoms with Gasteiger partial charge in [-0.2, -0.15) is 5.10 Å². The molecule has 3 heteroatoms. The predicted molar refractivity (Wildman–Crippen MR) is 259 cm³/mol. The average Bonchev–Trinajstić information content (AvgIpc) is 3.91. The first-order valence-electron chi connectivity index (χ1n) is 21.7. The van der Waals surface area contributed by atoms with E-state index in [1.807, 2.05) is 0 Å². The summed E-state index contributed by atoms with van der Waals surface area (Å²) < 4.78 is 2.20. The number of pyridine rings is 1. The number of aromatic nitrogens is 2. The lowest BCUT2D eigenvalue weighted by molar-refractivity contribution is 0.660. The normalized spacial score (nSPS) is 14.1. The molecule has 10 aromatic rings. The smallest absolute Gasteiger partial charge is 0.101 e. The summed E-state index contributed by atoms with van der Waals surface area (Å²) in [6.45, 7) is 9.49. The Morgan fingerprint density at radius 2 is 0.952 bits per heavy atom. The highest BCUT2D eigenvalue weighted by atomic mass is 15.2. The minimum absolute atomic E-state index is 0.156. The van der Waals surface area contributed by atoms with Gasteiger partial charge in [0.15, 0.2) is 0 Å². The molecule has 12 rings (SSSR count). The Morgan fingerprint density at radius 1 is 0.403 bits per heavy atom. The number of fused-ring (bicyclic) bond motifs is 9. The van der Waals surface area contributed by atoms with Crippen LogP contribution in [-0.4, -0.2) is 9.61 Å². The number of hydrogen-bond acceptors (Lipinski definition) is 2. The van der Waals surface area contributed by atoms with Gasteiger partial charge in [0, 0.05) is 49.5 Å². The third-order valence-corrected chi connectivity index (χ3v) is 13.8. The fraction of sp³-hybridized carbons (Fsp3) is 0.102. The van der Waals surface area contributed by atoms with Crippen molar-refractivity contribution in [3.63, 3.8) is 0 Å². The van der Waals surface area contributed by atoms with Gasteiger partial charge in [0.1, 0.15) is 5.69 Å². The lowest BCUT2D eigenvalue weighted by atomic mass is 9.82. The molecule has 0 saturated heterocycles. The van der Waals surface area contributed by atoms with Crippen molar-refractivity contribution in [2.75, 3.05) is 4.90 Å². The molecule has 2 heterocycles. The summed E-state index contributed by atoms with van der Waals surface area (Å²) in [5.41, 5.74) is 21.3. The van der Waals surface area contributed by atoms with E-state index in [-0.39, 0.29) is 10.8 Å². The maximum atomic E-state index is 5.54. The van der Waals surface area contributed by atoms with Crippen LogP contribution in [-0.2, 0) is 10.8 Å². The Balaban J connectivity index is 1.22. The zero-order valence-electron chi connectivity index (χ0n) is 35.4. The fourth-order valence-electron chi connectivity index (χ4n) is 10.8. The minimum Gasteiger partial charge on any atom is -0.309 e. The van der Waals surface area contributed by atoms with Crippen LogP contribution in [0.15, 0.2) is 200 Å². The van der Waals surface area contributed by atoms with E-state index in [0.717, 1.165) is 61.3 Å². The zero-order chi connectivity index (χ0) is 41.7. The van der Waals surface area contributed by atoms with Gasteiger partial charge < -0.3 is 4.90 Å². The average molecular weight is 796 g/mol. The van der Waals surface area contributed by atoms with E-state index in [1.54, 1.807) is 0 Å². The van der Waals surface area contributed by atoms with Crippen LogP contribution in [0.1, 0.15) is 49.9 Å². The van der Waals surface area contributed by atoms with Crippen LogP contribution < -0.4 is 4.90 Å². The number of nitrogens with zero attached hydrogens (tertiary/aromatic N) is 3. The highest BCUT2D eigenvalue weighted by Gasteiger charge is 2.39. The molecule has 0 radical (unpaired) electrons. The molecular weight excluding hydrogens is 751 g/mol. The summed E-state index contributed by atoms with van der Waals surface area (Å²) in [6.07, 6.45) is 0. The highest BCUT2D eigenvalue weighted by molar-refractivity contribution is 6.14. The lowest BCUT2D eigenvalue weighted by Gasteiger charge is -2.31. The first-order chi connectivity index (χ1) is 30.3. The molecule has 2 aliphatic carbocycles. The second kappa shape index (κ2) is 13.5. The van der Waals surface area contributed by atoms with Crippen molar-refractivity contribution >= 4 is 33.4 Å². The summed E-state index contributed by atoms with van der Waals surface area (Å²) in [4.78, 5) is 2.56. The summed E-state index contributed by atoms with van der Waals surface area (Å²) in [6, 6.07) is 73.5. The molecule has 0 fully saturated rings. The number of benzene rings is 8. The number of rotatable bonds is 6. The molecule has 62 heavy (non-hydrogen) atoms. The van der Waals surface area contributed by atoms with E-state index in [2.05, 4.69) is 237 Å². The van der Waals surface area contributed by atoms with Crippen molar-refractivity contribution in [3.05, 3.63) is 222 Å². The molecule has 0 unspecified atom stereocenters. The quantitative estimate of drug-likeness (QED) is 0.167. The second-order valence-corrected chi connectivity index (χ2v) is 18.0. The molecule has 0 spiro atoms. The van der Waals surface area contributed by atoms with Gasteiger partial charge in [0.05, 0.1) is 22.6 Å². The maximum absolute atomic E-state index is 5.54. The Kier molecular flexibility index (Phi) is 7.92. The van der Waals surface area contributed by atoms with Crippen molar-refractivity contribution in [2.45, 2.75) is 38.5 Å². The van der Waals surface area contributed by atoms with Crippen molar-refractivity contribution in [1.82, 2.24) is 9.61 Å². The van der Waals surface area contributed by atoms with Crippen LogP contribution in [0.4, 0.5) is 17.1 Å². The van der Waals surface area contributed by atoms with E-state index in [4.69, 9.17) is 5.10 Å². The topological polar surface area (TPSA) is 20.5 Å². The standard InChI is InChI=1S/C59H45N3/c1-58(2)48-30-17-15-27-45(48)55-49(58)31-19-33-52(55)61(41-34-35-43-42-26-14-16-29-47(42)59(3,4)50(43)36-41)51-32-18-28-44-46(51)37-53(38-20-8-5-9-21-38)62-57(44)54(39-22-10-6-11-23-39)56(60-62)40-24-12-7-13-25-40/h5-37H,1-4H3. The summed E-state index contributed by atoms with van der Waals surface area (Å²) in [5.74, 6) is 0. The summed E-state index contributed by atoms with van der Waals surface area (Å²) >= 11 is 0. The Bertz CT molecular complexity index is 3390. The molecule has 0 atom stereocenters. The third kappa shape index (κ3) is 5.21. The highest BCUT2D eigenvalue weighted by Crippen LogP contribution is 2.56. The van der Waals surface area contributed by atoms with Crippen LogP contribution in [0.2, 0.25) is 0 Å². The third-order valence-electron chi connectivity index (χ3n) is 13.8. The largest absolute Gasteiger partial charge is 0.309 e. The molecular formula is C59H45N3. The van der Waals surface area contributed by atoms with Crippen molar-refractivity contribution in [2.24, 2.45) is 0 Å². The van der Waals surface area contributed by atoms with Gasteiger partial charge in [-0.05, 0) is 74.8 Å². The van der Waals surface area contributed by atoms with Gasteiger partial charge in [-0.3, -0.25) is 0 Å². The minimum atomic E-state index is -0.164. The molecule has 0 aliphatic heterocycles. The molecule has 3 nitrogen and oxygen atoms in total. The Hall–Kier alpha value is -7.49. The number of anilines is 3. The molecule has 0 amide bonds. The van der Waals surface area contributed by atoms with Crippen LogP contribution in [0.3, 0.4) is 0 Å². The maximum Gasteiger partial charge on any atom is 0.101 e. The van der Waals surface area contributed by atoms with E-state index in [1.165, 1.54) is 50.2 Å². The van der Waals surface area contributed by atoms with Crippen molar-refractivity contribution in [1.29, 1.82) is 0 Å². The predicted octanol–water partition coefficient (Wildman–Crippen LogP) is 15.6. The van der Waals surface area contributed by atoms with Gasteiger partial charge >= 0.3 is 0 Å². The van der Waals surface area contributed by atoms with Crippen LogP contribution in [0.25, 0.3) is 72.2 Å². The molecule has 0 saturated carbocycles. The van der Waals surface area contributed by atoms with Gasteiger partial charge in [-0.1, -0.05) is 198 Å². The fourth-order valence-corrected chi connectivity index (χ4v) is 10.8. The molecule has 2 aromatic heterocycles. The number of hydrogen-bond donors (Lipinski definition) is 0. The zero-order valence-corrected chi connectivity index (χ0v) is 35.4. The first kappa shape index (κ1) is 36.4. The lowest BCUT2D eigenvalue weighted by Crippen LogP contribution is -2.18. The van der Waals surface area contributed by atoms with Gasteiger partial charge in [-0.15, -0.1) is 0 Å². The monoisotopic (exact) mass is 795 g/mol. The van der Waals surface area contributed by atoms with E-state index >= 15 is 0 Å². The van der Waals surface area contributed by atoms with Crippen molar-refractivity contribution in [3.8, 4) is 55.9 Å². The van der Waals surface area contributed by atoms with Gasteiger partial charge in [0.25, 0.3) is 0 Å². The van der Waals surface area contributed by atoms with Crippen LogP contribution >= 0.6 is 0 Å². The summed E-state index contributed by atoms with van der Waals surface area (Å²) in [7, 11) is 0. The van der Waals surface area contributed by atoms with Crippen molar-refractivity contribution < 1.29 is 0 Å². The molecule has 2 aliphatic rings. The van der Waals surface area contributed by atoms with E-state index < -0.39 is 0 Å². The molecule has 0 N–H and O–H groups in total. The Labute approximate surface area is 363 Å². The molecule has 0 bridgehead atoms. The first-order valence-corrected chi connectivity index (χ1v) is 21.7. The van der Waals surface area contributed by atoms with Gasteiger partial charge in [0.2, 0.25) is 0 Å². The SMILES string of the molecule is CC1(C)c2ccccc2-c2ccc(N(c3cccc4c3-c3ccccc3C4(C)C)c3cccc4c3cc(-c3ccccc3)n3nc(-c5ccccc5)c(-c5ccccc5)c43)cc21. The van der Waals surface area contributed by atoms with Crippen LogP contribution in [0, 0.1) is 0 Å². The Morgan fingerprint density at radius 3 is 1.68 bits per heavy atom. The van der Waals surface area contributed by atoms with Gasteiger partial charge in [-0.25, -0.2) is 4.52 Å². The van der Waals surface area contributed by atoms with E-state index in [9.17, 15) is 0 Å². The summed E-state index contributed by atoms with van der Waals surface area (Å²) in [5, 5.41) is 7.84. The van der Waals surface area contributed by atoms with E-state index in [0.29, 0.717) is 0 Å². The molecule has 8 aromatic carbocycles.